The Morgan fingerprint density at radius 3 is 2.27 bits per heavy atom. The molecule has 90 valence electrons. The van der Waals surface area contributed by atoms with Gasteiger partial charge in [0.05, 0.1) is 0 Å². The van der Waals surface area contributed by atoms with E-state index in [1.165, 1.54) is 38.6 Å². The first kappa shape index (κ1) is 13.0. The van der Waals surface area contributed by atoms with Crippen molar-refractivity contribution in [2.24, 2.45) is 17.6 Å². The molecule has 0 radical (unpaired) electrons. The quantitative estimate of drug-likeness (QED) is 0.758. The molecule has 1 aliphatic carbocycles. The summed E-state index contributed by atoms with van der Waals surface area (Å²) in [5, 5.41) is 0. The Bertz CT molecular complexity index is 162. The minimum Gasteiger partial charge on any atom is -0.329 e. The average Bonchev–Trinajstić information content (AvgIpc) is 2.19. The summed E-state index contributed by atoms with van der Waals surface area (Å²) in [6, 6.07) is 0.618. The molecule has 1 fully saturated rings. The molecule has 0 saturated heterocycles. The van der Waals surface area contributed by atoms with E-state index < -0.39 is 0 Å². The van der Waals surface area contributed by atoms with Crippen LogP contribution in [0.1, 0.15) is 46.0 Å². The molecule has 0 aromatic carbocycles. The molecular formula is C13H28N2. The van der Waals surface area contributed by atoms with Crippen molar-refractivity contribution in [1.82, 2.24) is 4.90 Å². The van der Waals surface area contributed by atoms with E-state index in [4.69, 9.17) is 5.73 Å². The van der Waals surface area contributed by atoms with Gasteiger partial charge in [-0.2, -0.15) is 0 Å². The van der Waals surface area contributed by atoms with E-state index in [9.17, 15) is 0 Å². The third-order valence-corrected chi connectivity index (χ3v) is 3.65. The van der Waals surface area contributed by atoms with Crippen LogP contribution in [0.5, 0.6) is 0 Å². The van der Waals surface area contributed by atoms with Crippen LogP contribution in [0.15, 0.2) is 0 Å². The van der Waals surface area contributed by atoms with Gasteiger partial charge in [0.25, 0.3) is 0 Å². The number of hydrogen-bond donors (Lipinski definition) is 1. The predicted molar refractivity (Wildman–Crippen MR) is 66.9 cm³/mol. The third kappa shape index (κ3) is 4.12. The summed E-state index contributed by atoms with van der Waals surface area (Å²) in [6.45, 7) is 6.57. The summed E-state index contributed by atoms with van der Waals surface area (Å²) < 4.78 is 0. The Morgan fingerprint density at radius 2 is 1.80 bits per heavy atom. The molecule has 1 rings (SSSR count). The van der Waals surface area contributed by atoms with E-state index in [1.807, 2.05) is 0 Å². The molecule has 0 aromatic heterocycles. The summed E-state index contributed by atoms with van der Waals surface area (Å²) in [5.74, 6) is 1.60. The SMILES string of the molecule is CC(C)CN(C)C(CN)C1CCCCC1. The van der Waals surface area contributed by atoms with E-state index in [0.717, 1.165) is 18.4 Å². The highest BCUT2D eigenvalue weighted by molar-refractivity contribution is 4.81. The molecule has 1 unspecified atom stereocenters. The molecule has 0 amide bonds. The van der Waals surface area contributed by atoms with Gasteiger partial charge in [0.1, 0.15) is 0 Å². The van der Waals surface area contributed by atoms with Gasteiger partial charge in [0.15, 0.2) is 0 Å². The van der Waals surface area contributed by atoms with Crippen molar-refractivity contribution >= 4 is 0 Å². The van der Waals surface area contributed by atoms with Crippen LogP contribution >= 0.6 is 0 Å². The fourth-order valence-corrected chi connectivity index (χ4v) is 2.96. The second-order valence-electron chi connectivity index (χ2n) is 5.53. The van der Waals surface area contributed by atoms with Gasteiger partial charge < -0.3 is 10.6 Å². The maximum atomic E-state index is 5.94. The van der Waals surface area contributed by atoms with Gasteiger partial charge in [-0.05, 0) is 31.7 Å². The first-order valence-electron chi connectivity index (χ1n) is 6.55. The topological polar surface area (TPSA) is 29.3 Å². The van der Waals surface area contributed by atoms with Crippen LogP contribution < -0.4 is 5.73 Å². The molecule has 0 heterocycles. The molecule has 1 saturated carbocycles. The summed E-state index contributed by atoms with van der Waals surface area (Å²) in [7, 11) is 2.24. The van der Waals surface area contributed by atoms with Gasteiger partial charge in [0, 0.05) is 19.1 Å². The van der Waals surface area contributed by atoms with E-state index in [-0.39, 0.29) is 0 Å². The van der Waals surface area contributed by atoms with Crippen molar-refractivity contribution < 1.29 is 0 Å². The zero-order valence-corrected chi connectivity index (χ0v) is 10.7. The standard InChI is InChI=1S/C13H28N2/c1-11(2)10-15(3)13(9-14)12-7-5-4-6-8-12/h11-13H,4-10,14H2,1-3H3. The van der Waals surface area contributed by atoms with Gasteiger partial charge in [-0.15, -0.1) is 0 Å². The number of rotatable bonds is 5. The van der Waals surface area contributed by atoms with Crippen molar-refractivity contribution in [3.8, 4) is 0 Å². The molecule has 1 aliphatic rings. The lowest BCUT2D eigenvalue weighted by Crippen LogP contribution is -2.45. The highest BCUT2D eigenvalue weighted by Gasteiger charge is 2.25. The Morgan fingerprint density at radius 1 is 1.20 bits per heavy atom. The van der Waals surface area contributed by atoms with E-state index in [1.54, 1.807) is 0 Å². The van der Waals surface area contributed by atoms with Gasteiger partial charge in [-0.25, -0.2) is 0 Å². The Kier molecular flexibility index (Phi) is 5.62. The zero-order valence-electron chi connectivity index (χ0n) is 10.7. The van der Waals surface area contributed by atoms with Gasteiger partial charge >= 0.3 is 0 Å². The van der Waals surface area contributed by atoms with Gasteiger partial charge in [-0.1, -0.05) is 33.1 Å². The molecular weight excluding hydrogens is 184 g/mol. The zero-order chi connectivity index (χ0) is 11.3. The normalized spacial score (nSPS) is 21.2. The summed E-state index contributed by atoms with van der Waals surface area (Å²) in [6.07, 6.45) is 7.05. The van der Waals surface area contributed by atoms with Crippen LogP contribution in [0.25, 0.3) is 0 Å². The number of hydrogen-bond acceptors (Lipinski definition) is 2. The summed E-state index contributed by atoms with van der Waals surface area (Å²) in [5.41, 5.74) is 5.94. The fourth-order valence-electron chi connectivity index (χ4n) is 2.96. The predicted octanol–water partition coefficient (Wildman–Crippen LogP) is 2.48. The lowest BCUT2D eigenvalue weighted by Gasteiger charge is -2.36. The van der Waals surface area contributed by atoms with Crippen LogP contribution in [-0.4, -0.2) is 31.1 Å². The lowest BCUT2D eigenvalue weighted by molar-refractivity contribution is 0.136. The number of likely N-dealkylation sites (N-methyl/N-ethyl adjacent to an activating group) is 1. The molecule has 2 heteroatoms. The Balaban J connectivity index is 2.45. The molecule has 15 heavy (non-hydrogen) atoms. The molecule has 0 aromatic rings. The van der Waals surface area contributed by atoms with Crippen LogP contribution in [-0.2, 0) is 0 Å². The lowest BCUT2D eigenvalue weighted by atomic mass is 9.83. The average molecular weight is 212 g/mol. The highest BCUT2D eigenvalue weighted by atomic mass is 15.1. The smallest absolute Gasteiger partial charge is 0.0243 e. The minimum atomic E-state index is 0.618. The molecule has 2 N–H and O–H groups in total. The first-order chi connectivity index (χ1) is 7.15. The number of nitrogens with zero attached hydrogens (tertiary/aromatic N) is 1. The van der Waals surface area contributed by atoms with E-state index in [2.05, 4.69) is 25.8 Å². The molecule has 2 nitrogen and oxygen atoms in total. The monoisotopic (exact) mass is 212 g/mol. The highest BCUT2D eigenvalue weighted by Crippen LogP contribution is 2.28. The maximum Gasteiger partial charge on any atom is 0.0243 e. The van der Waals surface area contributed by atoms with E-state index >= 15 is 0 Å². The van der Waals surface area contributed by atoms with Crippen molar-refractivity contribution in [3.63, 3.8) is 0 Å². The van der Waals surface area contributed by atoms with Gasteiger partial charge in [-0.3, -0.25) is 0 Å². The maximum absolute atomic E-state index is 5.94. The molecule has 0 aliphatic heterocycles. The van der Waals surface area contributed by atoms with E-state index in [0.29, 0.717) is 6.04 Å². The molecule has 0 bridgehead atoms. The second kappa shape index (κ2) is 6.49. The summed E-state index contributed by atoms with van der Waals surface area (Å²) in [4.78, 5) is 2.49. The van der Waals surface area contributed by atoms with Crippen LogP contribution in [0, 0.1) is 11.8 Å². The van der Waals surface area contributed by atoms with Gasteiger partial charge in [0.2, 0.25) is 0 Å². The van der Waals surface area contributed by atoms with Crippen molar-refractivity contribution in [2.45, 2.75) is 52.0 Å². The first-order valence-corrected chi connectivity index (χ1v) is 6.55. The summed E-state index contributed by atoms with van der Waals surface area (Å²) >= 11 is 0. The Hall–Kier alpha value is -0.0800. The van der Waals surface area contributed by atoms with Crippen LogP contribution in [0.4, 0.5) is 0 Å². The fraction of sp³-hybridized carbons (Fsp3) is 1.00. The van der Waals surface area contributed by atoms with Crippen molar-refractivity contribution in [2.75, 3.05) is 20.1 Å². The largest absolute Gasteiger partial charge is 0.329 e. The molecule has 0 spiro atoms. The Labute approximate surface area is 95.2 Å². The third-order valence-electron chi connectivity index (χ3n) is 3.65. The van der Waals surface area contributed by atoms with Crippen molar-refractivity contribution in [3.05, 3.63) is 0 Å². The molecule has 1 atom stereocenters. The number of nitrogens with two attached hydrogens (primary N) is 1. The van der Waals surface area contributed by atoms with Crippen LogP contribution in [0.2, 0.25) is 0 Å². The van der Waals surface area contributed by atoms with Crippen molar-refractivity contribution in [1.29, 1.82) is 0 Å². The second-order valence-corrected chi connectivity index (χ2v) is 5.53. The van der Waals surface area contributed by atoms with Crippen LogP contribution in [0.3, 0.4) is 0 Å². The minimum absolute atomic E-state index is 0.618.